The maximum atomic E-state index is 12.2. The van der Waals surface area contributed by atoms with E-state index in [0.29, 0.717) is 11.1 Å². The number of unbranched alkanes of at least 4 members (excludes halogenated alkanes) is 1. The van der Waals surface area contributed by atoms with Crippen LogP contribution in [0.2, 0.25) is 0 Å². The zero-order valence-electron chi connectivity index (χ0n) is 16.1. The van der Waals surface area contributed by atoms with E-state index in [2.05, 4.69) is 16.6 Å². The lowest BCUT2D eigenvalue weighted by molar-refractivity contribution is -0.140. The minimum absolute atomic E-state index is 0.0894. The average molecular weight is 414 g/mol. The highest BCUT2D eigenvalue weighted by Gasteiger charge is 2.30. The fourth-order valence-electron chi connectivity index (χ4n) is 2.91. The van der Waals surface area contributed by atoms with Gasteiger partial charge in [-0.15, -0.1) is 0 Å². The highest BCUT2D eigenvalue weighted by Crippen LogP contribution is 2.22. The van der Waals surface area contributed by atoms with Gasteiger partial charge in [0.15, 0.2) is 12.4 Å². The van der Waals surface area contributed by atoms with E-state index >= 15 is 0 Å². The van der Waals surface area contributed by atoms with E-state index in [1.165, 1.54) is 6.07 Å². The van der Waals surface area contributed by atoms with Crippen LogP contribution in [0.3, 0.4) is 0 Å². The SMILES string of the molecule is CCCCc1ccc(C(=O)COC(=O)CN=C2NS(=O)(=O)c3ccccc32)cc1. The summed E-state index contributed by atoms with van der Waals surface area (Å²) in [4.78, 5) is 28.2. The maximum Gasteiger partial charge on any atom is 0.328 e. The molecule has 0 saturated heterocycles. The normalized spacial score (nSPS) is 15.6. The van der Waals surface area contributed by atoms with Gasteiger partial charge in [0.05, 0.1) is 4.90 Å². The third kappa shape index (κ3) is 5.08. The van der Waals surface area contributed by atoms with Crippen molar-refractivity contribution in [3.8, 4) is 0 Å². The molecule has 0 radical (unpaired) electrons. The number of ketones is 1. The molecule has 29 heavy (non-hydrogen) atoms. The highest BCUT2D eigenvalue weighted by molar-refractivity contribution is 7.90. The smallest absolute Gasteiger partial charge is 0.328 e. The minimum atomic E-state index is -3.66. The molecule has 0 fully saturated rings. The Hall–Kier alpha value is -3.00. The van der Waals surface area contributed by atoms with Crippen molar-refractivity contribution in [1.82, 2.24) is 4.72 Å². The standard InChI is InChI=1S/C21H22N2O5S/c1-2-3-6-15-9-11-16(12-10-15)18(24)14-28-20(25)13-22-21-17-7-4-5-8-19(17)29(26,27)23-21/h4-5,7-12H,2-3,6,13-14H2,1H3,(H,22,23). The molecule has 2 aromatic carbocycles. The van der Waals surface area contributed by atoms with Crippen LogP contribution < -0.4 is 4.72 Å². The Morgan fingerprint density at radius 1 is 1.07 bits per heavy atom. The van der Waals surface area contributed by atoms with Crippen LogP contribution in [-0.4, -0.2) is 39.2 Å². The second-order valence-corrected chi connectivity index (χ2v) is 8.30. The van der Waals surface area contributed by atoms with Gasteiger partial charge in [0.25, 0.3) is 10.0 Å². The van der Waals surface area contributed by atoms with E-state index in [1.807, 2.05) is 12.1 Å². The quantitative estimate of drug-likeness (QED) is 0.528. The largest absolute Gasteiger partial charge is 0.456 e. The van der Waals surface area contributed by atoms with Gasteiger partial charge >= 0.3 is 5.97 Å². The molecule has 1 heterocycles. The zero-order chi connectivity index (χ0) is 20.9. The molecule has 0 atom stereocenters. The predicted octanol–water partition coefficient (Wildman–Crippen LogP) is 2.49. The number of nitrogens with one attached hydrogen (secondary N) is 1. The van der Waals surface area contributed by atoms with Gasteiger partial charge in [-0.3, -0.25) is 19.3 Å². The van der Waals surface area contributed by atoms with Crippen molar-refractivity contribution in [2.45, 2.75) is 31.1 Å². The Morgan fingerprint density at radius 3 is 2.52 bits per heavy atom. The molecule has 0 saturated carbocycles. The minimum Gasteiger partial charge on any atom is -0.456 e. The summed E-state index contributed by atoms with van der Waals surface area (Å²) >= 11 is 0. The second kappa shape index (κ2) is 9.00. The Balaban J connectivity index is 1.54. The molecule has 0 unspecified atom stereocenters. The van der Waals surface area contributed by atoms with Gasteiger partial charge < -0.3 is 4.74 Å². The molecule has 8 heteroatoms. The van der Waals surface area contributed by atoms with Crippen LogP contribution in [0.4, 0.5) is 0 Å². The molecule has 0 aliphatic carbocycles. The molecule has 0 aromatic heterocycles. The first kappa shape index (κ1) is 20.7. The zero-order valence-corrected chi connectivity index (χ0v) is 16.9. The predicted molar refractivity (Wildman–Crippen MR) is 109 cm³/mol. The first-order chi connectivity index (χ1) is 13.9. The van der Waals surface area contributed by atoms with E-state index in [1.54, 1.807) is 30.3 Å². The summed E-state index contributed by atoms with van der Waals surface area (Å²) in [5, 5.41) is 0. The maximum absolute atomic E-state index is 12.2. The van der Waals surface area contributed by atoms with Crippen molar-refractivity contribution in [3.05, 3.63) is 65.2 Å². The van der Waals surface area contributed by atoms with Crippen LogP contribution in [0.15, 0.2) is 58.4 Å². The number of aryl methyl sites for hydroxylation is 1. The van der Waals surface area contributed by atoms with Crippen LogP contribution in [0, 0.1) is 0 Å². The van der Waals surface area contributed by atoms with Gasteiger partial charge in [0.1, 0.15) is 12.4 Å². The summed E-state index contributed by atoms with van der Waals surface area (Å²) in [6, 6.07) is 13.6. The van der Waals surface area contributed by atoms with Crippen molar-refractivity contribution in [1.29, 1.82) is 0 Å². The van der Waals surface area contributed by atoms with Gasteiger partial charge in [0.2, 0.25) is 0 Å². The lowest BCUT2D eigenvalue weighted by Crippen LogP contribution is -2.24. The van der Waals surface area contributed by atoms with Crippen LogP contribution >= 0.6 is 0 Å². The number of sulfonamides is 1. The number of amidine groups is 1. The van der Waals surface area contributed by atoms with Crippen molar-refractivity contribution < 1.29 is 22.7 Å². The first-order valence-electron chi connectivity index (χ1n) is 9.35. The van der Waals surface area contributed by atoms with Gasteiger partial charge in [-0.2, -0.15) is 0 Å². The summed E-state index contributed by atoms with van der Waals surface area (Å²) < 4.78 is 31.3. The lowest BCUT2D eigenvalue weighted by atomic mass is 10.0. The fourth-order valence-corrected chi connectivity index (χ4v) is 4.16. The lowest BCUT2D eigenvalue weighted by Gasteiger charge is -2.05. The third-order valence-electron chi connectivity index (χ3n) is 4.49. The Kier molecular flexibility index (Phi) is 6.43. The number of benzene rings is 2. The summed E-state index contributed by atoms with van der Waals surface area (Å²) in [6.07, 6.45) is 3.16. The third-order valence-corrected chi connectivity index (χ3v) is 5.89. The van der Waals surface area contributed by atoms with E-state index in [9.17, 15) is 18.0 Å². The Morgan fingerprint density at radius 2 is 1.79 bits per heavy atom. The van der Waals surface area contributed by atoms with Gasteiger partial charge in [-0.25, -0.2) is 8.42 Å². The molecule has 1 N–H and O–H groups in total. The van der Waals surface area contributed by atoms with Crippen LogP contribution in [0.1, 0.15) is 41.3 Å². The number of fused-ring (bicyclic) bond motifs is 1. The number of aliphatic imine (C=N–C) groups is 1. The Bertz CT molecular complexity index is 1040. The number of hydrogen-bond acceptors (Lipinski definition) is 6. The molecule has 1 aliphatic rings. The fraction of sp³-hybridized carbons (Fsp3) is 0.286. The number of carbonyl (C=O) groups is 2. The summed E-state index contributed by atoms with van der Waals surface area (Å²) in [5.41, 5.74) is 2.04. The molecule has 0 spiro atoms. The number of hydrogen-bond donors (Lipinski definition) is 1. The number of Topliss-reactive ketones (excluding diaryl/α,β-unsaturated/α-hetero) is 1. The number of nitrogens with zero attached hydrogens (tertiary/aromatic N) is 1. The van der Waals surface area contributed by atoms with Gasteiger partial charge in [-0.1, -0.05) is 49.7 Å². The highest BCUT2D eigenvalue weighted by atomic mass is 32.2. The van der Waals surface area contributed by atoms with E-state index in [4.69, 9.17) is 4.74 Å². The van der Waals surface area contributed by atoms with Crippen molar-refractivity contribution >= 4 is 27.6 Å². The molecule has 3 rings (SSSR count). The Labute approximate surface area is 169 Å². The molecular weight excluding hydrogens is 392 g/mol. The number of carbonyl (C=O) groups excluding carboxylic acids is 2. The van der Waals surface area contributed by atoms with Crippen molar-refractivity contribution in [2.75, 3.05) is 13.2 Å². The first-order valence-corrected chi connectivity index (χ1v) is 10.8. The summed E-state index contributed by atoms with van der Waals surface area (Å²) in [7, 11) is -3.66. The molecule has 7 nitrogen and oxygen atoms in total. The summed E-state index contributed by atoms with van der Waals surface area (Å²) in [5.74, 6) is -0.930. The second-order valence-electron chi connectivity index (χ2n) is 6.65. The van der Waals surface area contributed by atoms with Crippen LogP contribution in [-0.2, 0) is 26.0 Å². The number of ether oxygens (including phenoxy) is 1. The number of esters is 1. The van der Waals surface area contributed by atoms with Gasteiger partial charge in [-0.05, 0) is 30.5 Å². The molecule has 0 bridgehead atoms. The van der Waals surface area contributed by atoms with E-state index in [-0.39, 0.29) is 23.1 Å². The van der Waals surface area contributed by atoms with Crippen LogP contribution in [0.25, 0.3) is 0 Å². The average Bonchev–Trinajstić information content (AvgIpc) is 3.00. The van der Waals surface area contributed by atoms with Crippen molar-refractivity contribution in [3.63, 3.8) is 0 Å². The van der Waals surface area contributed by atoms with Gasteiger partial charge in [0, 0.05) is 11.1 Å². The van der Waals surface area contributed by atoms with Crippen LogP contribution in [0.5, 0.6) is 0 Å². The summed E-state index contributed by atoms with van der Waals surface area (Å²) in [6.45, 7) is 1.34. The number of rotatable bonds is 8. The molecule has 2 aromatic rings. The van der Waals surface area contributed by atoms with Crippen molar-refractivity contribution in [2.24, 2.45) is 4.99 Å². The van der Waals surface area contributed by atoms with E-state index < -0.39 is 22.5 Å². The van der Waals surface area contributed by atoms with E-state index in [0.717, 1.165) is 24.8 Å². The monoisotopic (exact) mass is 414 g/mol. The topological polar surface area (TPSA) is 102 Å². The molecule has 1 aliphatic heterocycles. The molecule has 152 valence electrons. The molecular formula is C21H22N2O5S. The molecule has 0 amide bonds.